The molecule has 0 saturated heterocycles. The Morgan fingerprint density at radius 3 is 2.71 bits per heavy atom. The second-order valence-corrected chi connectivity index (χ2v) is 5.92. The van der Waals surface area contributed by atoms with Crippen molar-refractivity contribution in [3.63, 3.8) is 0 Å². The van der Waals surface area contributed by atoms with E-state index < -0.39 is 0 Å². The van der Waals surface area contributed by atoms with Gasteiger partial charge >= 0.3 is 0 Å². The molecule has 1 aromatic carbocycles. The summed E-state index contributed by atoms with van der Waals surface area (Å²) >= 11 is 12.3. The standard InChI is InChI=1S/C16H21Cl2N3/c1-3-7-19-16(8-12-10-20-21(4-2)11-12)14-6-5-13(17)9-15(14)18/h5-6,9-11,16,19H,3-4,7-8H2,1-2H3. The van der Waals surface area contributed by atoms with Crippen molar-refractivity contribution in [2.24, 2.45) is 0 Å². The molecule has 0 aliphatic carbocycles. The molecule has 5 heteroatoms. The van der Waals surface area contributed by atoms with Crippen molar-refractivity contribution in [2.75, 3.05) is 6.54 Å². The van der Waals surface area contributed by atoms with Crippen molar-refractivity contribution in [1.29, 1.82) is 0 Å². The third-order valence-corrected chi connectivity index (χ3v) is 3.99. The molecular weight excluding hydrogens is 305 g/mol. The summed E-state index contributed by atoms with van der Waals surface area (Å²) in [6, 6.07) is 5.86. The van der Waals surface area contributed by atoms with E-state index in [1.165, 1.54) is 5.56 Å². The van der Waals surface area contributed by atoms with E-state index in [4.69, 9.17) is 23.2 Å². The van der Waals surface area contributed by atoms with Crippen LogP contribution < -0.4 is 5.32 Å². The lowest BCUT2D eigenvalue weighted by Gasteiger charge is -2.20. The van der Waals surface area contributed by atoms with Crippen molar-refractivity contribution in [1.82, 2.24) is 15.1 Å². The molecule has 1 heterocycles. The highest BCUT2D eigenvalue weighted by molar-refractivity contribution is 6.35. The summed E-state index contributed by atoms with van der Waals surface area (Å²) in [6.07, 6.45) is 5.95. The Balaban J connectivity index is 2.20. The van der Waals surface area contributed by atoms with E-state index in [1.807, 2.05) is 23.0 Å². The van der Waals surface area contributed by atoms with Crippen molar-refractivity contribution in [3.8, 4) is 0 Å². The molecule has 1 aromatic heterocycles. The van der Waals surface area contributed by atoms with E-state index in [-0.39, 0.29) is 6.04 Å². The van der Waals surface area contributed by atoms with Gasteiger partial charge in [0, 0.05) is 28.8 Å². The highest BCUT2D eigenvalue weighted by Gasteiger charge is 2.16. The average molecular weight is 326 g/mol. The first-order chi connectivity index (χ1) is 10.1. The molecule has 0 radical (unpaired) electrons. The fraction of sp³-hybridized carbons (Fsp3) is 0.438. The molecule has 1 N–H and O–H groups in total. The fourth-order valence-corrected chi connectivity index (χ4v) is 2.86. The van der Waals surface area contributed by atoms with Gasteiger partial charge in [0.15, 0.2) is 0 Å². The summed E-state index contributed by atoms with van der Waals surface area (Å²) in [5, 5.41) is 9.26. The van der Waals surface area contributed by atoms with E-state index in [0.29, 0.717) is 10.0 Å². The molecule has 0 fully saturated rings. The monoisotopic (exact) mass is 325 g/mol. The van der Waals surface area contributed by atoms with Crippen LogP contribution in [0.2, 0.25) is 10.0 Å². The van der Waals surface area contributed by atoms with E-state index in [2.05, 4.69) is 30.5 Å². The van der Waals surface area contributed by atoms with Gasteiger partial charge in [-0.1, -0.05) is 36.2 Å². The lowest BCUT2D eigenvalue weighted by molar-refractivity contribution is 0.529. The summed E-state index contributed by atoms with van der Waals surface area (Å²) in [7, 11) is 0. The Kier molecular flexibility index (Phi) is 6.09. The van der Waals surface area contributed by atoms with Gasteiger partial charge in [-0.25, -0.2) is 0 Å². The molecule has 0 aliphatic rings. The van der Waals surface area contributed by atoms with Crippen LogP contribution in [0.1, 0.15) is 37.4 Å². The van der Waals surface area contributed by atoms with Crippen LogP contribution in [0.25, 0.3) is 0 Å². The zero-order chi connectivity index (χ0) is 15.2. The number of nitrogens with zero attached hydrogens (tertiary/aromatic N) is 2. The Bertz CT molecular complexity index is 581. The Hall–Kier alpha value is -1.03. The average Bonchev–Trinajstić information content (AvgIpc) is 2.91. The minimum absolute atomic E-state index is 0.171. The van der Waals surface area contributed by atoms with Crippen LogP contribution >= 0.6 is 23.2 Å². The number of aromatic nitrogens is 2. The zero-order valence-corrected chi connectivity index (χ0v) is 14.0. The first-order valence-electron chi connectivity index (χ1n) is 7.33. The van der Waals surface area contributed by atoms with Crippen LogP contribution in [-0.2, 0) is 13.0 Å². The molecule has 0 aliphatic heterocycles. The summed E-state index contributed by atoms with van der Waals surface area (Å²) in [5.41, 5.74) is 2.29. The van der Waals surface area contributed by atoms with Gasteiger partial charge in [-0.05, 0) is 49.6 Å². The van der Waals surface area contributed by atoms with Gasteiger partial charge in [-0.3, -0.25) is 4.68 Å². The molecule has 2 rings (SSSR count). The molecule has 114 valence electrons. The first kappa shape index (κ1) is 16.3. The summed E-state index contributed by atoms with van der Waals surface area (Å²) < 4.78 is 1.94. The van der Waals surface area contributed by atoms with Gasteiger partial charge in [-0.2, -0.15) is 5.10 Å². The summed E-state index contributed by atoms with van der Waals surface area (Å²) in [5.74, 6) is 0. The van der Waals surface area contributed by atoms with Crippen LogP contribution in [0.4, 0.5) is 0 Å². The first-order valence-corrected chi connectivity index (χ1v) is 8.09. The van der Waals surface area contributed by atoms with Crippen molar-refractivity contribution in [2.45, 2.75) is 39.3 Å². The molecule has 2 aromatic rings. The smallest absolute Gasteiger partial charge is 0.0522 e. The van der Waals surface area contributed by atoms with E-state index in [9.17, 15) is 0 Å². The van der Waals surface area contributed by atoms with E-state index in [1.54, 1.807) is 6.07 Å². The van der Waals surface area contributed by atoms with Gasteiger partial charge in [0.2, 0.25) is 0 Å². The summed E-state index contributed by atoms with van der Waals surface area (Å²) in [4.78, 5) is 0. The topological polar surface area (TPSA) is 29.9 Å². The molecule has 3 nitrogen and oxygen atoms in total. The van der Waals surface area contributed by atoms with Gasteiger partial charge in [-0.15, -0.1) is 0 Å². The Labute approximate surface area is 136 Å². The lowest BCUT2D eigenvalue weighted by atomic mass is 10.0. The van der Waals surface area contributed by atoms with Gasteiger partial charge in [0.1, 0.15) is 0 Å². The number of aryl methyl sites for hydroxylation is 1. The van der Waals surface area contributed by atoms with Crippen LogP contribution in [0.15, 0.2) is 30.6 Å². The molecule has 0 saturated carbocycles. The molecular formula is C16H21Cl2N3. The molecule has 0 spiro atoms. The largest absolute Gasteiger partial charge is 0.310 e. The van der Waals surface area contributed by atoms with Crippen LogP contribution in [0.3, 0.4) is 0 Å². The minimum Gasteiger partial charge on any atom is -0.310 e. The third-order valence-electron chi connectivity index (χ3n) is 3.43. The molecule has 0 bridgehead atoms. The lowest BCUT2D eigenvalue weighted by Crippen LogP contribution is -2.24. The molecule has 1 unspecified atom stereocenters. The van der Waals surface area contributed by atoms with Gasteiger partial charge in [0.05, 0.1) is 6.20 Å². The van der Waals surface area contributed by atoms with Gasteiger partial charge in [0.25, 0.3) is 0 Å². The van der Waals surface area contributed by atoms with E-state index in [0.717, 1.165) is 31.5 Å². The van der Waals surface area contributed by atoms with E-state index >= 15 is 0 Å². The molecule has 0 amide bonds. The second kappa shape index (κ2) is 7.83. The van der Waals surface area contributed by atoms with Crippen molar-refractivity contribution >= 4 is 23.2 Å². The maximum atomic E-state index is 6.36. The van der Waals surface area contributed by atoms with Crippen LogP contribution in [-0.4, -0.2) is 16.3 Å². The second-order valence-electron chi connectivity index (χ2n) is 5.08. The number of hydrogen-bond donors (Lipinski definition) is 1. The Morgan fingerprint density at radius 2 is 2.10 bits per heavy atom. The molecule has 1 atom stereocenters. The number of nitrogens with one attached hydrogen (secondary N) is 1. The van der Waals surface area contributed by atoms with Crippen LogP contribution in [0.5, 0.6) is 0 Å². The highest BCUT2D eigenvalue weighted by Crippen LogP contribution is 2.28. The number of halogens is 2. The SMILES string of the molecule is CCCNC(Cc1cnn(CC)c1)c1ccc(Cl)cc1Cl. The Morgan fingerprint density at radius 1 is 1.29 bits per heavy atom. The normalized spacial score (nSPS) is 12.6. The number of hydrogen-bond acceptors (Lipinski definition) is 2. The minimum atomic E-state index is 0.171. The highest BCUT2D eigenvalue weighted by atomic mass is 35.5. The third kappa shape index (κ3) is 4.47. The predicted molar refractivity (Wildman–Crippen MR) is 89.1 cm³/mol. The molecule has 21 heavy (non-hydrogen) atoms. The van der Waals surface area contributed by atoms with Gasteiger partial charge < -0.3 is 5.32 Å². The maximum Gasteiger partial charge on any atom is 0.0522 e. The maximum absolute atomic E-state index is 6.36. The number of rotatable bonds is 7. The van der Waals surface area contributed by atoms with Crippen LogP contribution in [0, 0.1) is 0 Å². The van der Waals surface area contributed by atoms with Crippen molar-refractivity contribution < 1.29 is 0 Å². The predicted octanol–water partition coefficient (Wildman–Crippen LogP) is 4.49. The zero-order valence-electron chi connectivity index (χ0n) is 12.4. The number of benzene rings is 1. The summed E-state index contributed by atoms with van der Waals surface area (Å²) in [6.45, 7) is 6.07. The van der Waals surface area contributed by atoms with Crippen molar-refractivity contribution in [3.05, 3.63) is 51.8 Å². The quantitative estimate of drug-likeness (QED) is 0.812. The fourth-order valence-electron chi connectivity index (χ4n) is 2.32.